The molecule has 1 heterocycles. The van der Waals surface area contributed by atoms with Gasteiger partial charge in [-0.25, -0.2) is 8.42 Å². The molecule has 124 valence electrons. The van der Waals surface area contributed by atoms with E-state index in [-0.39, 0.29) is 5.75 Å². The minimum absolute atomic E-state index is 0.113. The van der Waals surface area contributed by atoms with Gasteiger partial charge >= 0.3 is 0 Å². The van der Waals surface area contributed by atoms with E-state index in [0.29, 0.717) is 29.2 Å². The van der Waals surface area contributed by atoms with Crippen molar-refractivity contribution < 1.29 is 13.2 Å². The molecule has 0 aromatic heterocycles. The Balaban J connectivity index is 2.05. The number of sulfone groups is 1. The van der Waals surface area contributed by atoms with Crippen molar-refractivity contribution in [2.24, 2.45) is 0 Å². The van der Waals surface area contributed by atoms with Gasteiger partial charge in [-0.15, -0.1) is 0 Å². The van der Waals surface area contributed by atoms with Crippen LogP contribution in [0.4, 0.5) is 5.69 Å². The monoisotopic (exact) mass is 326 g/mol. The van der Waals surface area contributed by atoms with E-state index < -0.39 is 9.84 Å². The van der Waals surface area contributed by atoms with Crippen LogP contribution < -0.4 is 5.32 Å². The van der Waals surface area contributed by atoms with Crippen LogP contribution in [0, 0.1) is 0 Å². The number of nitrogens with one attached hydrogen (secondary N) is 1. The number of nitrogens with zero attached hydrogens (tertiary/aromatic N) is 1. The zero-order valence-electron chi connectivity index (χ0n) is 13.6. The molecule has 0 unspecified atom stereocenters. The van der Waals surface area contributed by atoms with Gasteiger partial charge < -0.3 is 10.1 Å². The van der Waals surface area contributed by atoms with Gasteiger partial charge in [0.25, 0.3) is 0 Å². The molecule has 0 spiro atoms. The molecule has 2 rings (SSSR count). The van der Waals surface area contributed by atoms with E-state index in [9.17, 15) is 8.42 Å². The summed E-state index contributed by atoms with van der Waals surface area (Å²) in [5.74, 6) is 0.113. The van der Waals surface area contributed by atoms with E-state index in [1.165, 1.54) is 0 Å². The maximum absolute atomic E-state index is 12.2. The number of morpholine rings is 1. The van der Waals surface area contributed by atoms with Gasteiger partial charge in [-0.1, -0.05) is 19.1 Å². The standard InChI is InChI=1S/C16H26N2O3S/c1-4-22(19,20)16-8-6-5-7-15(16)17-11-13(2)18-9-10-21-12-14(18)3/h5-8,13-14,17H,4,9-12H2,1-3H3/t13-,14+/m1/s1. The lowest BCUT2D eigenvalue weighted by molar-refractivity contribution is -0.0159. The number of anilines is 1. The number of hydrogen-bond acceptors (Lipinski definition) is 5. The molecule has 1 aromatic carbocycles. The van der Waals surface area contributed by atoms with Crippen LogP contribution in [0.1, 0.15) is 20.8 Å². The lowest BCUT2D eigenvalue weighted by Crippen LogP contribution is -2.50. The number of rotatable bonds is 6. The molecular weight excluding hydrogens is 300 g/mol. The number of para-hydroxylation sites is 1. The van der Waals surface area contributed by atoms with Crippen LogP contribution in [0.2, 0.25) is 0 Å². The lowest BCUT2D eigenvalue weighted by atomic mass is 10.2. The molecule has 1 aliphatic heterocycles. The first-order valence-corrected chi connectivity index (χ1v) is 9.50. The highest BCUT2D eigenvalue weighted by molar-refractivity contribution is 7.91. The third-order valence-corrected chi connectivity index (χ3v) is 5.96. The summed E-state index contributed by atoms with van der Waals surface area (Å²) in [6.07, 6.45) is 0. The molecular formula is C16H26N2O3S. The van der Waals surface area contributed by atoms with Gasteiger partial charge in [0.1, 0.15) is 0 Å². The summed E-state index contributed by atoms with van der Waals surface area (Å²) >= 11 is 0. The number of hydrogen-bond donors (Lipinski definition) is 1. The van der Waals surface area contributed by atoms with Crippen molar-refractivity contribution in [1.82, 2.24) is 4.90 Å². The Morgan fingerprint density at radius 2 is 2.14 bits per heavy atom. The summed E-state index contributed by atoms with van der Waals surface area (Å²) in [4.78, 5) is 2.78. The van der Waals surface area contributed by atoms with E-state index in [4.69, 9.17) is 4.74 Å². The van der Waals surface area contributed by atoms with Crippen LogP contribution in [0.5, 0.6) is 0 Å². The molecule has 5 nitrogen and oxygen atoms in total. The SMILES string of the molecule is CCS(=O)(=O)c1ccccc1NC[C@@H](C)N1CCOC[C@@H]1C. The largest absolute Gasteiger partial charge is 0.382 e. The normalized spacial score (nSPS) is 21.5. The zero-order chi connectivity index (χ0) is 16.2. The van der Waals surface area contributed by atoms with E-state index in [0.717, 1.165) is 19.8 Å². The molecule has 22 heavy (non-hydrogen) atoms. The Morgan fingerprint density at radius 3 is 2.82 bits per heavy atom. The fourth-order valence-corrected chi connectivity index (χ4v) is 3.88. The average Bonchev–Trinajstić information content (AvgIpc) is 2.53. The van der Waals surface area contributed by atoms with Crippen LogP contribution in [-0.2, 0) is 14.6 Å². The van der Waals surface area contributed by atoms with E-state index >= 15 is 0 Å². The quantitative estimate of drug-likeness (QED) is 0.866. The summed E-state index contributed by atoms with van der Waals surface area (Å²) in [5, 5.41) is 3.31. The second kappa shape index (κ2) is 7.44. The second-order valence-electron chi connectivity index (χ2n) is 5.79. The third-order valence-electron chi connectivity index (χ3n) is 4.18. The van der Waals surface area contributed by atoms with Crippen molar-refractivity contribution in [2.45, 2.75) is 37.8 Å². The van der Waals surface area contributed by atoms with E-state index in [2.05, 4.69) is 24.1 Å². The molecule has 0 bridgehead atoms. The van der Waals surface area contributed by atoms with Crippen molar-refractivity contribution in [3.8, 4) is 0 Å². The predicted octanol–water partition coefficient (Wildman–Crippen LogP) is 2.00. The third kappa shape index (κ3) is 4.00. The maximum atomic E-state index is 12.2. The molecule has 0 radical (unpaired) electrons. The molecule has 1 aliphatic rings. The molecule has 1 aromatic rings. The van der Waals surface area contributed by atoms with Crippen LogP contribution >= 0.6 is 0 Å². The summed E-state index contributed by atoms with van der Waals surface area (Å²) in [5.41, 5.74) is 0.692. The van der Waals surface area contributed by atoms with Gasteiger partial charge in [-0.3, -0.25) is 4.90 Å². The van der Waals surface area contributed by atoms with E-state index in [1.807, 2.05) is 12.1 Å². The van der Waals surface area contributed by atoms with Gasteiger partial charge in [0, 0.05) is 25.2 Å². The van der Waals surface area contributed by atoms with Crippen LogP contribution in [0.15, 0.2) is 29.2 Å². The molecule has 6 heteroatoms. The van der Waals surface area contributed by atoms with Gasteiger partial charge in [0.2, 0.25) is 0 Å². The van der Waals surface area contributed by atoms with Gasteiger partial charge in [-0.05, 0) is 26.0 Å². The molecule has 1 N–H and O–H groups in total. The summed E-state index contributed by atoms with van der Waals surface area (Å²) in [6, 6.07) is 7.83. The number of ether oxygens (including phenoxy) is 1. The molecule has 0 saturated carbocycles. The van der Waals surface area contributed by atoms with Crippen molar-refractivity contribution in [3.63, 3.8) is 0 Å². The van der Waals surface area contributed by atoms with Crippen molar-refractivity contribution in [1.29, 1.82) is 0 Å². The van der Waals surface area contributed by atoms with Crippen LogP contribution in [0.3, 0.4) is 0 Å². The molecule has 2 atom stereocenters. The number of benzene rings is 1. The van der Waals surface area contributed by atoms with Crippen molar-refractivity contribution in [3.05, 3.63) is 24.3 Å². The fourth-order valence-electron chi connectivity index (χ4n) is 2.81. The Hall–Kier alpha value is -1.11. The summed E-state index contributed by atoms with van der Waals surface area (Å²) in [6.45, 7) is 9.13. The van der Waals surface area contributed by atoms with Gasteiger partial charge in [0.15, 0.2) is 9.84 Å². The zero-order valence-corrected chi connectivity index (χ0v) is 14.4. The topological polar surface area (TPSA) is 58.6 Å². The minimum atomic E-state index is -3.21. The summed E-state index contributed by atoms with van der Waals surface area (Å²) < 4.78 is 29.8. The summed E-state index contributed by atoms with van der Waals surface area (Å²) in [7, 11) is -3.21. The van der Waals surface area contributed by atoms with Crippen molar-refractivity contribution >= 4 is 15.5 Å². The predicted molar refractivity (Wildman–Crippen MR) is 89.1 cm³/mol. The van der Waals surface area contributed by atoms with Gasteiger partial charge in [-0.2, -0.15) is 0 Å². The molecule has 1 fully saturated rings. The van der Waals surface area contributed by atoms with Crippen LogP contribution in [0.25, 0.3) is 0 Å². The first-order valence-electron chi connectivity index (χ1n) is 7.85. The van der Waals surface area contributed by atoms with E-state index in [1.54, 1.807) is 19.1 Å². The fraction of sp³-hybridized carbons (Fsp3) is 0.625. The molecule has 1 saturated heterocycles. The Bertz CT molecular complexity index is 589. The maximum Gasteiger partial charge on any atom is 0.180 e. The second-order valence-corrected chi connectivity index (χ2v) is 8.04. The highest BCUT2D eigenvalue weighted by atomic mass is 32.2. The molecule has 0 aliphatic carbocycles. The smallest absolute Gasteiger partial charge is 0.180 e. The minimum Gasteiger partial charge on any atom is -0.382 e. The molecule has 0 amide bonds. The Labute approximate surface area is 133 Å². The first-order chi connectivity index (χ1) is 10.5. The highest BCUT2D eigenvalue weighted by Crippen LogP contribution is 2.22. The van der Waals surface area contributed by atoms with Crippen LogP contribution in [-0.4, -0.2) is 57.5 Å². The first kappa shape index (κ1) is 17.2. The van der Waals surface area contributed by atoms with Crippen molar-refractivity contribution in [2.75, 3.05) is 37.4 Å². The average molecular weight is 326 g/mol. The highest BCUT2D eigenvalue weighted by Gasteiger charge is 2.24. The Kier molecular flexibility index (Phi) is 5.83. The lowest BCUT2D eigenvalue weighted by Gasteiger charge is -2.38. The Morgan fingerprint density at radius 1 is 1.41 bits per heavy atom. The van der Waals surface area contributed by atoms with Gasteiger partial charge in [0.05, 0.1) is 29.5 Å².